The maximum absolute atomic E-state index is 12.5. The number of rotatable bonds is 1. The summed E-state index contributed by atoms with van der Waals surface area (Å²) in [5.41, 5.74) is -0.750. The number of fused-ring (bicyclic) bond motifs is 1. The van der Waals surface area contributed by atoms with Crippen molar-refractivity contribution >= 4 is 11.6 Å². The molecule has 0 radical (unpaired) electrons. The number of carbonyl (C=O) groups is 1. The Kier molecular flexibility index (Phi) is 2.96. The van der Waals surface area contributed by atoms with E-state index < -0.39 is 23.8 Å². The second-order valence-corrected chi connectivity index (χ2v) is 4.48. The van der Waals surface area contributed by atoms with Gasteiger partial charge in [-0.2, -0.15) is 13.2 Å². The molecule has 1 N–H and O–H groups in total. The Balaban J connectivity index is 2.35. The summed E-state index contributed by atoms with van der Waals surface area (Å²) in [6, 6.07) is 3.05. The SMILES string of the molecule is CC(C)C1Oc2ccc(C(F)(F)F)cc2NC1=O. The van der Waals surface area contributed by atoms with Crippen molar-refractivity contribution in [3.63, 3.8) is 0 Å². The molecular weight excluding hydrogens is 247 g/mol. The van der Waals surface area contributed by atoms with Crippen LogP contribution in [0.15, 0.2) is 18.2 Å². The number of anilines is 1. The molecule has 0 bridgehead atoms. The molecule has 1 atom stereocenters. The third-order valence-electron chi connectivity index (χ3n) is 2.68. The average Bonchev–Trinajstić information content (AvgIpc) is 2.25. The second kappa shape index (κ2) is 4.19. The molecule has 1 unspecified atom stereocenters. The predicted molar refractivity (Wildman–Crippen MR) is 59.3 cm³/mol. The van der Waals surface area contributed by atoms with Crippen LogP contribution in [-0.2, 0) is 11.0 Å². The molecule has 0 aromatic heterocycles. The van der Waals surface area contributed by atoms with Gasteiger partial charge in [0.05, 0.1) is 11.3 Å². The molecule has 2 rings (SSSR count). The van der Waals surface area contributed by atoms with Crippen LogP contribution in [-0.4, -0.2) is 12.0 Å². The van der Waals surface area contributed by atoms with Crippen molar-refractivity contribution in [2.45, 2.75) is 26.1 Å². The number of halogens is 3. The van der Waals surface area contributed by atoms with E-state index in [1.54, 1.807) is 13.8 Å². The first-order chi connectivity index (χ1) is 8.29. The molecule has 98 valence electrons. The molecule has 1 heterocycles. The van der Waals surface area contributed by atoms with E-state index in [2.05, 4.69) is 5.32 Å². The Bertz CT molecular complexity index is 483. The zero-order valence-electron chi connectivity index (χ0n) is 9.84. The zero-order valence-corrected chi connectivity index (χ0v) is 9.84. The Morgan fingerprint density at radius 3 is 2.56 bits per heavy atom. The Hall–Kier alpha value is -1.72. The van der Waals surface area contributed by atoms with Gasteiger partial charge in [0.15, 0.2) is 6.10 Å². The summed E-state index contributed by atoms with van der Waals surface area (Å²) in [5.74, 6) is -0.210. The number of amides is 1. The molecule has 1 aromatic rings. The average molecular weight is 259 g/mol. The van der Waals surface area contributed by atoms with Gasteiger partial charge in [0.2, 0.25) is 0 Å². The van der Waals surface area contributed by atoms with Gasteiger partial charge < -0.3 is 10.1 Å². The summed E-state index contributed by atoms with van der Waals surface area (Å²) >= 11 is 0. The molecule has 1 aromatic carbocycles. The van der Waals surface area contributed by atoms with Gasteiger partial charge in [-0.05, 0) is 24.1 Å². The third kappa shape index (κ3) is 2.27. The van der Waals surface area contributed by atoms with Gasteiger partial charge in [-0.1, -0.05) is 13.8 Å². The molecule has 1 aliphatic rings. The number of carbonyl (C=O) groups excluding carboxylic acids is 1. The minimum atomic E-state index is -4.44. The molecule has 0 saturated heterocycles. The van der Waals surface area contributed by atoms with E-state index in [9.17, 15) is 18.0 Å². The molecule has 1 amide bonds. The maximum atomic E-state index is 12.5. The van der Waals surface area contributed by atoms with Crippen molar-refractivity contribution in [1.29, 1.82) is 0 Å². The number of hydrogen-bond donors (Lipinski definition) is 1. The van der Waals surface area contributed by atoms with Crippen molar-refractivity contribution < 1.29 is 22.7 Å². The summed E-state index contributed by atoms with van der Waals surface area (Å²) in [7, 11) is 0. The highest BCUT2D eigenvalue weighted by molar-refractivity contribution is 5.98. The van der Waals surface area contributed by atoms with E-state index in [0.717, 1.165) is 12.1 Å². The second-order valence-electron chi connectivity index (χ2n) is 4.48. The van der Waals surface area contributed by atoms with Gasteiger partial charge in [-0.3, -0.25) is 4.79 Å². The van der Waals surface area contributed by atoms with Crippen LogP contribution in [0, 0.1) is 5.92 Å². The summed E-state index contributed by atoms with van der Waals surface area (Å²) in [6.45, 7) is 3.61. The van der Waals surface area contributed by atoms with Crippen LogP contribution in [0.2, 0.25) is 0 Å². The quantitative estimate of drug-likeness (QED) is 0.841. The molecule has 0 fully saturated rings. The fraction of sp³-hybridized carbons (Fsp3) is 0.417. The van der Waals surface area contributed by atoms with E-state index in [1.165, 1.54) is 6.07 Å². The molecule has 0 aliphatic carbocycles. The van der Waals surface area contributed by atoms with Crippen LogP contribution < -0.4 is 10.1 Å². The Morgan fingerprint density at radius 1 is 1.33 bits per heavy atom. The number of nitrogens with one attached hydrogen (secondary N) is 1. The fourth-order valence-corrected chi connectivity index (χ4v) is 1.74. The van der Waals surface area contributed by atoms with Crippen LogP contribution >= 0.6 is 0 Å². The lowest BCUT2D eigenvalue weighted by Gasteiger charge is -2.28. The number of ether oxygens (including phenoxy) is 1. The van der Waals surface area contributed by atoms with Crippen molar-refractivity contribution in [3.8, 4) is 5.75 Å². The molecule has 0 spiro atoms. The monoisotopic (exact) mass is 259 g/mol. The van der Waals surface area contributed by atoms with E-state index in [4.69, 9.17) is 4.74 Å². The highest BCUT2D eigenvalue weighted by Gasteiger charge is 2.34. The van der Waals surface area contributed by atoms with Crippen LogP contribution in [0.5, 0.6) is 5.75 Å². The minimum Gasteiger partial charge on any atom is -0.478 e. The Morgan fingerprint density at radius 2 is 2.00 bits per heavy atom. The zero-order chi connectivity index (χ0) is 13.5. The highest BCUT2D eigenvalue weighted by Crippen LogP contribution is 2.37. The lowest BCUT2D eigenvalue weighted by Crippen LogP contribution is -2.40. The first-order valence-electron chi connectivity index (χ1n) is 5.48. The van der Waals surface area contributed by atoms with Crippen LogP contribution in [0.4, 0.5) is 18.9 Å². The summed E-state index contributed by atoms with van der Waals surface area (Å²) in [4.78, 5) is 11.6. The first-order valence-corrected chi connectivity index (χ1v) is 5.48. The largest absolute Gasteiger partial charge is 0.478 e. The standard InChI is InChI=1S/C12H12F3NO2/c1-6(2)10-11(17)16-8-5-7(12(13,14)15)3-4-9(8)18-10/h3-6,10H,1-2H3,(H,16,17). The van der Waals surface area contributed by atoms with E-state index in [1.807, 2.05) is 0 Å². The Labute approximate surface area is 102 Å². The van der Waals surface area contributed by atoms with Crippen molar-refractivity contribution in [2.24, 2.45) is 5.92 Å². The maximum Gasteiger partial charge on any atom is 0.416 e. The van der Waals surface area contributed by atoms with E-state index >= 15 is 0 Å². The fourth-order valence-electron chi connectivity index (χ4n) is 1.74. The lowest BCUT2D eigenvalue weighted by molar-refractivity contribution is -0.137. The summed E-state index contributed by atoms with van der Waals surface area (Å²) < 4.78 is 42.9. The number of alkyl halides is 3. The number of benzene rings is 1. The lowest BCUT2D eigenvalue weighted by atomic mass is 10.0. The van der Waals surface area contributed by atoms with Gasteiger partial charge in [0.25, 0.3) is 5.91 Å². The highest BCUT2D eigenvalue weighted by atomic mass is 19.4. The van der Waals surface area contributed by atoms with Gasteiger partial charge in [-0.15, -0.1) is 0 Å². The summed E-state index contributed by atoms with van der Waals surface area (Å²) in [5, 5.41) is 2.44. The van der Waals surface area contributed by atoms with Crippen LogP contribution in [0.25, 0.3) is 0 Å². The van der Waals surface area contributed by atoms with Gasteiger partial charge >= 0.3 is 6.18 Å². The third-order valence-corrected chi connectivity index (χ3v) is 2.68. The topological polar surface area (TPSA) is 38.3 Å². The molecule has 6 heteroatoms. The van der Waals surface area contributed by atoms with Gasteiger partial charge in [0, 0.05) is 0 Å². The normalized spacial score (nSPS) is 19.2. The summed E-state index contributed by atoms with van der Waals surface area (Å²) in [6.07, 6.45) is -5.11. The molecule has 0 saturated carbocycles. The molecule has 1 aliphatic heterocycles. The number of hydrogen-bond acceptors (Lipinski definition) is 2. The van der Waals surface area contributed by atoms with Crippen LogP contribution in [0.3, 0.4) is 0 Å². The molecule has 18 heavy (non-hydrogen) atoms. The molecule has 3 nitrogen and oxygen atoms in total. The van der Waals surface area contributed by atoms with Gasteiger partial charge in [-0.25, -0.2) is 0 Å². The predicted octanol–water partition coefficient (Wildman–Crippen LogP) is 3.06. The van der Waals surface area contributed by atoms with Crippen molar-refractivity contribution in [3.05, 3.63) is 23.8 Å². The minimum absolute atomic E-state index is 0.0551. The van der Waals surface area contributed by atoms with Crippen molar-refractivity contribution in [1.82, 2.24) is 0 Å². The van der Waals surface area contributed by atoms with E-state index in [-0.39, 0.29) is 17.4 Å². The molecular formula is C12H12F3NO2. The first kappa shape index (κ1) is 12.7. The smallest absolute Gasteiger partial charge is 0.416 e. The van der Waals surface area contributed by atoms with Crippen LogP contribution in [0.1, 0.15) is 19.4 Å². The van der Waals surface area contributed by atoms with Gasteiger partial charge in [0.1, 0.15) is 5.75 Å². The van der Waals surface area contributed by atoms with E-state index in [0.29, 0.717) is 0 Å². The van der Waals surface area contributed by atoms with Crippen molar-refractivity contribution in [2.75, 3.05) is 5.32 Å².